The van der Waals surface area contributed by atoms with Crippen molar-refractivity contribution in [3.63, 3.8) is 0 Å². The number of para-hydroxylation sites is 1. The molecule has 154 valence electrons. The van der Waals surface area contributed by atoms with Crippen molar-refractivity contribution in [1.29, 1.82) is 0 Å². The zero-order chi connectivity index (χ0) is 20.7. The van der Waals surface area contributed by atoms with Crippen molar-refractivity contribution in [3.8, 4) is 0 Å². The van der Waals surface area contributed by atoms with Gasteiger partial charge in [0, 0.05) is 32.3 Å². The molecule has 7 heteroatoms. The number of hydrogen-bond donors (Lipinski definition) is 1. The number of methoxy groups -OCH3 is 1. The first-order valence-electron chi connectivity index (χ1n) is 9.75. The van der Waals surface area contributed by atoms with E-state index in [1.54, 1.807) is 4.90 Å². The molecule has 2 rings (SSSR count). The molecule has 0 saturated carbocycles. The highest BCUT2D eigenvalue weighted by molar-refractivity contribution is 6.00. The second kappa shape index (κ2) is 10.2. The van der Waals surface area contributed by atoms with Crippen LogP contribution >= 0.6 is 0 Å². The average molecular weight is 390 g/mol. The van der Waals surface area contributed by atoms with E-state index < -0.39 is 18.0 Å². The maximum absolute atomic E-state index is 12.6. The van der Waals surface area contributed by atoms with Crippen molar-refractivity contribution in [2.45, 2.75) is 45.6 Å². The van der Waals surface area contributed by atoms with Crippen LogP contribution in [0.15, 0.2) is 24.3 Å². The molecule has 0 aliphatic carbocycles. The predicted molar refractivity (Wildman–Crippen MR) is 106 cm³/mol. The molecule has 1 aliphatic rings. The first kappa shape index (κ1) is 21.9. The summed E-state index contributed by atoms with van der Waals surface area (Å²) in [4.78, 5) is 38.7. The number of benzene rings is 1. The number of carbonyl (C=O) groups excluding carboxylic acids is 3. The highest BCUT2D eigenvalue weighted by Gasteiger charge is 2.38. The summed E-state index contributed by atoms with van der Waals surface area (Å²) in [6, 6.07) is 7.79. The Hall–Kier alpha value is -2.41. The highest BCUT2D eigenvalue weighted by atomic mass is 16.5. The van der Waals surface area contributed by atoms with Crippen LogP contribution in [0.1, 0.15) is 45.1 Å². The van der Waals surface area contributed by atoms with Gasteiger partial charge in [0.15, 0.2) is 6.10 Å². The van der Waals surface area contributed by atoms with Crippen LogP contribution in [0.2, 0.25) is 0 Å². The Morgan fingerprint density at radius 3 is 2.68 bits per heavy atom. The molecule has 2 amide bonds. The summed E-state index contributed by atoms with van der Waals surface area (Å²) in [6.07, 6.45) is 0.132. The van der Waals surface area contributed by atoms with Gasteiger partial charge < -0.3 is 19.7 Å². The number of esters is 1. The van der Waals surface area contributed by atoms with E-state index >= 15 is 0 Å². The van der Waals surface area contributed by atoms with Crippen molar-refractivity contribution in [2.75, 3.05) is 31.7 Å². The van der Waals surface area contributed by atoms with Crippen LogP contribution in [0.4, 0.5) is 5.69 Å². The van der Waals surface area contributed by atoms with Crippen LogP contribution in [-0.4, -0.2) is 50.7 Å². The number of amides is 2. The van der Waals surface area contributed by atoms with E-state index in [0.717, 1.165) is 17.7 Å². The summed E-state index contributed by atoms with van der Waals surface area (Å²) >= 11 is 0. The van der Waals surface area contributed by atoms with Crippen LogP contribution in [0, 0.1) is 5.92 Å². The van der Waals surface area contributed by atoms with Gasteiger partial charge >= 0.3 is 5.97 Å². The fraction of sp³-hybridized carbons (Fsp3) is 0.571. The largest absolute Gasteiger partial charge is 0.452 e. The molecule has 0 bridgehead atoms. The van der Waals surface area contributed by atoms with Gasteiger partial charge in [0.25, 0.3) is 5.91 Å². The molecular formula is C21H30N2O5. The smallest absolute Gasteiger partial charge is 0.312 e. The summed E-state index contributed by atoms with van der Waals surface area (Å²) in [5, 5.41) is 2.63. The van der Waals surface area contributed by atoms with Gasteiger partial charge in [-0.15, -0.1) is 0 Å². The molecule has 3 atom stereocenters. The van der Waals surface area contributed by atoms with E-state index in [4.69, 9.17) is 9.47 Å². The second-order valence-corrected chi connectivity index (χ2v) is 7.14. The third-order valence-corrected chi connectivity index (χ3v) is 5.10. The third-order valence-electron chi connectivity index (χ3n) is 5.10. The Labute approximate surface area is 166 Å². The Morgan fingerprint density at radius 1 is 1.29 bits per heavy atom. The van der Waals surface area contributed by atoms with E-state index in [2.05, 4.69) is 19.2 Å². The molecule has 1 aromatic carbocycles. The lowest BCUT2D eigenvalue weighted by atomic mass is 9.96. The highest BCUT2D eigenvalue weighted by Crippen LogP contribution is 2.33. The van der Waals surface area contributed by atoms with Gasteiger partial charge in [-0.05, 0) is 30.9 Å². The van der Waals surface area contributed by atoms with Crippen LogP contribution in [0.5, 0.6) is 0 Å². The third kappa shape index (κ3) is 5.32. The minimum atomic E-state index is -0.916. The molecule has 28 heavy (non-hydrogen) atoms. The van der Waals surface area contributed by atoms with Crippen molar-refractivity contribution < 1.29 is 23.9 Å². The van der Waals surface area contributed by atoms with Crippen LogP contribution in [0.3, 0.4) is 0 Å². The monoisotopic (exact) mass is 390 g/mol. The average Bonchev–Trinajstić information content (AvgIpc) is 3.09. The lowest BCUT2D eigenvalue weighted by Crippen LogP contribution is -2.38. The zero-order valence-corrected chi connectivity index (χ0v) is 17.1. The van der Waals surface area contributed by atoms with Gasteiger partial charge in [0.1, 0.15) is 0 Å². The molecule has 1 saturated heterocycles. The van der Waals surface area contributed by atoms with Crippen LogP contribution < -0.4 is 10.2 Å². The van der Waals surface area contributed by atoms with Gasteiger partial charge in [0.05, 0.1) is 12.5 Å². The summed E-state index contributed by atoms with van der Waals surface area (Å²) < 4.78 is 10.2. The fourth-order valence-corrected chi connectivity index (χ4v) is 3.21. The van der Waals surface area contributed by atoms with Gasteiger partial charge in [-0.1, -0.05) is 32.0 Å². The number of rotatable bonds is 9. The van der Waals surface area contributed by atoms with E-state index in [0.29, 0.717) is 19.1 Å². The molecule has 0 radical (unpaired) electrons. The topological polar surface area (TPSA) is 84.9 Å². The normalized spacial score (nSPS) is 18.6. The first-order chi connectivity index (χ1) is 13.4. The maximum atomic E-state index is 12.6. The van der Waals surface area contributed by atoms with Crippen molar-refractivity contribution >= 4 is 23.5 Å². The van der Waals surface area contributed by atoms with Crippen molar-refractivity contribution in [1.82, 2.24) is 5.32 Å². The van der Waals surface area contributed by atoms with Gasteiger partial charge in [-0.2, -0.15) is 0 Å². The number of ether oxygens (including phenoxy) is 2. The minimum absolute atomic E-state index is 0.0890. The number of anilines is 1. The molecule has 1 heterocycles. The summed E-state index contributed by atoms with van der Waals surface area (Å²) in [6.45, 7) is 6.74. The zero-order valence-electron chi connectivity index (χ0n) is 17.1. The molecule has 1 fully saturated rings. The Morgan fingerprint density at radius 2 is 2.00 bits per heavy atom. The molecule has 7 nitrogen and oxygen atoms in total. The minimum Gasteiger partial charge on any atom is -0.452 e. The number of carbonyl (C=O) groups is 3. The van der Waals surface area contributed by atoms with Gasteiger partial charge in [0.2, 0.25) is 5.91 Å². The molecule has 1 N–H and O–H groups in total. The molecule has 0 spiro atoms. The van der Waals surface area contributed by atoms with Crippen molar-refractivity contribution in [3.05, 3.63) is 29.8 Å². The molecule has 1 aromatic rings. The Balaban J connectivity index is 2.01. The fourth-order valence-electron chi connectivity index (χ4n) is 3.21. The predicted octanol–water partition coefficient (Wildman–Crippen LogP) is 2.25. The molecular weight excluding hydrogens is 360 g/mol. The maximum Gasteiger partial charge on any atom is 0.312 e. The SMILES string of the molecule is CC[C@H](C)c1ccccc1N1C[C@@H](C(=O)O[C@@H](C)C(=O)NCCOC)CC1=O. The molecule has 0 unspecified atom stereocenters. The second-order valence-electron chi connectivity index (χ2n) is 7.14. The van der Waals surface area contributed by atoms with E-state index in [1.165, 1.54) is 14.0 Å². The standard InChI is InChI=1S/C21H30N2O5/c1-5-14(2)17-8-6-7-9-18(17)23-13-16(12-19(23)24)21(26)28-15(3)20(25)22-10-11-27-4/h6-9,14-16H,5,10-13H2,1-4H3,(H,22,25)/t14-,15-,16-/m0/s1. The number of hydrogen-bond acceptors (Lipinski definition) is 5. The Kier molecular flexibility index (Phi) is 7.99. The van der Waals surface area contributed by atoms with E-state index in [-0.39, 0.29) is 24.8 Å². The quantitative estimate of drug-likeness (QED) is 0.516. The van der Waals surface area contributed by atoms with Gasteiger partial charge in [-0.25, -0.2) is 0 Å². The summed E-state index contributed by atoms with van der Waals surface area (Å²) in [7, 11) is 1.54. The van der Waals surface area contributed by atoms with E-state index in [9.17, 15) is 14.4 Å². The Bertz CT molecular complexity index is 706. The first-order valence-corrected chi connectivity index (χ1v) is 9.75. The molecule has 0 aromatic heterocycles. The summed E-state index contributed by atoms with van der Waals surface area (Å²) in [5.74, 6) is -1.27. The molecule has 1 aliphatic heterocycles. The number of nitrogens with one attached hydrogen (secondary N) is 1. The van der Waals surface area contributed by atoms with Gasteiger partial charge in [-0.3, -0.25) is 14.4 Å². The van der Waals surface area contributed by atoms with Crippen LogP contribution in [-0.2, 0) is 23.9 Å². The summed E-state index contributed by atoms with van der Waals surface area (Å²) in [5.41, 5.74) is 1.95. The van der Waals surface area contributed by atoms with E-state index in [1.807, 2.05) is 24.3 Å². The number of nitrogens with zero attached hydrogens (tertiary/aromatic N) is 1. The van der Waals surface area contributed by atoms with Crippen molar-refractivity contribution in [2.24, 2.45) is 5.92 Å². The lowest BCUT2D eigenvalue weighted by Gasteiger charge is -2.23. The lowest BCUT2D eigenvalue weighted by molar-refractivity contribution is -0.158. The van der Waals surface area contributed by atoms with Crippen LogP contribution in [0.25, 0.3) is 0 Å².